The van der Waals surface area contributed by atoms with Crippen LogP contribution in [0.25, 0.3) is 0 Å². The zero-order chi connectivity index (χ0) is 11.5. The van der Waals surface area contributed by atoms with Crippen molar-refractivity contribution in [2.45, 2.75) is 13.0 Å². The zero-order valence-electron chi connectivity index (χ0n) is 9.54. The molecule has 0 bridgehead atoms. The Morgan fingerprint density at radius 1 is 1.20 bits per heavy atom. The maximum absolute atomic E-state index is 11.3. The van der Waals surface area contributed by atoms with Gasteiger partial charge in [0.2, 0.25) is 5.91 Å². The van der Waals surface area contributed by atoms with Gasteiger partial charge in [-0.2, -0.15) is 5.48 Å². The number of hydrogen-bond donors (Lipinski definition) is 2. The van der Waals surface area contributed by atoms with E-state index in [1.165, 1.54) is 0 Å². The summed E-state index contributed by atoms with van der Waals surface area (Å²) in [5.74, 6) is -0.121. The first-order valence-corrected chi connectivity index (χ1v) is 4.85. The first kappa shape index (κ1) is 14.3. The van der Waals surface area contributed by atoms with Crippen LogP contribution < -0.4 is 10.8 Å². The zero-order valence-corrected chi connectivity index (χ0v) is 9.54. The molecule has 15 heavy (non-hydrogen) atoms. The van der Waals surface area contributed by atoms with Crippen molar-refractivity contribution in [3.8, 4) is 0 Å². The highest BCUT2D eigenvalue weighted by atomic mass is 16.7. The molecule has 1 unspecified atom stereocenters. The van der Waals surface area contributed by atoms with Crippen molar-refractivity contribution < 1.29 is 19.1 Å². The van der Waals surface area contributed by atoms with E-state index in [-0.39, 0.29) is 5.91 Å². The maximum Gasteiger partial charge on any atom is 0.239 e. The smallest absolute Gasteiger partial charge is 0.239 e. The molecule has 0 aromatic rings. The molecule has 0 aliphatic heterocycles. The van der Waals surface area contributed by atoms with E-state index in [2.05, 4.69) is 10.8 Å². The number of rotatable bonds is 9. The van der Waals surface area contributed by atoms with E-state index in [9.17, 15) is 4.79 Å². The summed E-state index contributed by atoms with van der Waals surface area (Å²) < 4.78 is 9.58. The highest BCUT2D eigenvalue weighted by molar-refractivity contribution is 5.81. The third-order valence-electron chi connectivity index (χ3n) is 1.65. The lowest BCUT2D eigenvalue weighted by atomic mass is 10.3. The molecule has 2 N–H and O–H groups in total. The van der Waals surface area contributed by atoms with Crippen molar-refractivity contribution in [1.29, 1.82) is 0 Å². The summed E-state index contributed by atoms with van der Waals surface area (Å²) in [6.45, 7) is 3.62. The summed E-state index contributed by atoms with van der Waals surface area (Å²) in [6.07, 6.45) is 0. The van der Waals surface area contributed by atoms with Gasteiger partial charge in [0.25, 0.3) is 0 Å². The van der Waals surface area contributed by atoms with E-state index in [0.717, 1.165) is 0 Å². The van der Waals surface area contributed by atoms with Crippen LogP contribution in [0, 0.1) is 0 Å². The number of carbonyl (C=O) groups is 1. The van der Waals surface area contributed by atoms with E-state index in [4.69, 9.17) is 14.3 Å². The van der Waals surface area contributed by atoms with Gasteiger partial charge in [0.15, 0.2) is 0 Å². The molecule has 0 aliphatic carbocycles. The second-order valence-corrected chi connectivity index (χ2v) is 2.96. The van der Waals surface area contributed by atoms with Gasteiger partial charge in [0.1, 0.15) is 6.04 Å². The summed E-state index contributed by atoms with van der Waals surface area (Å²) in [4.78, 5) is 16.3. The molecular formula is C9H20N2O4. The minimum absolute atomic E-state index is 0.121. The van der Waals surface area contributed by atoms with Gasteiger partial charge < -0.3 is 14.8 Å². The molecule has 0 radical (unpaired) electrons. The van der Waals surface area contributed by atoms with Crippen LogP contribution in [-0.2, 0) is 19.1 Å². The van der Waals surface area contributed by atoms with Crippen LogP contribution >= 0.6 is 0 Å². The Hall–Kier alpha value is -0.690. The molecule has 0 aromatic heterocycles. The van der Waals surface area contributed by atoms with Gasteiger partial charge in [-0.3, -0.25) is 9.63 Å². The topological polar surface area (TPSA) is 68.8 Å². The summed E-state index contributed by atoms with van der Waals surface area (Å²) >= 11 is 0. The van der Waals surface area contributed by atoms with Gasteiger partial charge in [-0.15, -0.1) is 0 Å². The quantitative estimate of drug-likeness (QED) is 0.397. The van der Waals surface area contributed by atoms with Crippen LogP contribution in [-0.4, -0.2) is 52.5 Å². The average Bonchev–Trinajstić information content (AvgIpc) is 2.24. The first-order chi connectivity index (χ1) is 7.22. The van der Waals surface area contributed by atoms with Crippen molar-refractivity contribution in [3.05, 3.63) is 0 Å². The minimum Gasteiger partial charge on any atom is -0.383 e. The lowest BCUT2D eigenvalue weighted by Gasteiger charge is -2.13. The van der Waals surface area contributed by atoms with Gasteiger partial charge in [-0.05, 0) is 6.92 Å². The Morgan fingerprint density at radius 3 is 2.47 bits per heavy atom. The number of hydroxylamine groups is 1. The molecule has 6 nitrogen and oxygen atoms in total. The van der Waals surface area contributed by atoms with Crippen LogP contribution in [0.3, 0.4) is 0 Å². The van der Waals surface area contributed by atoms with Crippen molar-refractivity contribution in [2.75, 3.05) is 40.6 Å². The largest absolute Gasteiger partial charge is 0.383 e. The van der Waals surface area contributed by atoms with E-state index in [1.54, 1.807) is 21.1 Å². The molecule has 0 saturated carbocycles. The second kappa shape index (κ2) is 9.85. The van der Waals surface area contributed by atoms with Crippen LogP contribution in [0.1, 0.15) is 6.92 Å². The van der Waals surface area contributed by atoms with Gasteiger partial charge in [0, 0.05) is 20.8 Å². The first-order valence-electron chi connectivity index (χ1n) is 4.85. The van der Waals surface area contributed by atoms with Crippen molar-refractivity contribution >= 4 is 5.91 Å². The molecule has 0 spiro atoms. The summed E-state index contributed by atoms with van der Waals surface area (Å²) in [7, 11) is 3.17. The number of carbonyl (C=O) groups excluding carboxylic acids is 1. The molecule has 90 valence electrons. The van der Waals surface area contributed by atoms with Gasteiger partial charge in [0.05, 0.1) is 19.8 Å². The summed E-state index contributed by atoms with van der Waals surface area (Å²) in [5.41, 5.74) is 2.61. The van der Waals surface area contributed by atoms with Crippen molar-refractivity contribution in [3.63, 3.8) is 0 Å². The summed E-state index contributed by atoms with van der Waals surface area (Å²) in [5, 5.41) is 2.69. The molecule has 0 saturated heterocycles. The monoisotopic (exact) mass is 220 g/mol. The lowest BCUT2D eigenvalue weighted by molar-refractivity contribution is -0.127. The van der Waals surface area contributed by atoms with Crippen LogP contribution in [0.5, 0.6) is 0 Å². The molecule has 0 aromatic carbocycles. The fraction of sp³-hybridized carbons (Fsp3) is 0.889. The fourth-order valence-electron chi connectivity index (χ4n) is 0.792. The average molecular weight is 220 g/mol. The van der Waals surface area contributed by atoms with Gasteiger partial charge in [-0.25, -0.2) is 0 Å². The predicted molar refractivity (Wildman–Crippen MR) is 55.3 cm³/mol. The number of nitrogens with one attached hydrogen (secondary N) is 2. The highest BCUT2D eigenvalue weighted by Gasteiger charge is 2.11. The Kier molecular flexibility index (Phi) is 9.40. The molecule has 1 amide bonds. The van der Waals surface area contributed by atoms with Crippen LogP contribution in [0.2, 0.25) is 0 Å². The number of hydrogen-bond acceptors (Lipinski definition) is 5. The second-order valence-electron chi connectivity index (χ2n) is 2.96. The van der Waals surface area contributed by atoms with Crippen molar-refractivity contribution in [2.24, 2.45) is 0 Å². The van der Waals surface area contributed by atoms with Crippen molar-refractivity contribution in [1.82, 2.24) is 10.8 Å². The molecule has 0 fully saturated rings. The molecule has 0 heterocycles. The van der Waals surface area contributed by atoms with E-state index in [0.29, 0.717) is 26.4 Å². The van der Waals surface area contributed by atoms with Gasteiger partial charge >= 0.3 is 0 Å². The SMILES string of the molecule is COCCNC(=O)C(C)NOCCOC. The number of ether oxygens (including phenoxy) is 2. The molecule has 1 atom stereocenters. The van der Waals surface area contributed by atoms with E-state index < -0.39 is 6.04 Å². The Labute approximate surface area is 90.2 Å². The van der Waals surface area contributed by atoms with Crippen LogP contribution in [0.4, 0.5) is 0 Å². The molecular weight excluding hydrogens is 200 g/mol. The number of methoxy groups -OCH3 is 2. The van der Waals surface area contributed by atoms with Gasteiger partial charge in [-0.1, -0.05) is 0 Å². The molecule has 0 aliphatic rings. The Bertz CT molecular complexity index is 166. The minimum atomic E-state index is -0.390. The summed E-state index contributed by atoms with van der Waals surface area (Å²) in [6, 6.07) is -0.390. The molecule has 0 rings (SSSR count). The third-order valence-corrected chi connectivity index (χ3v) is 1.65. The fourth-order valence-corrected chi connectivity index (χ4v) is 0.792. The third kappa shape index (κ3) is 8.31. The van der Waals surface area contributed by atoms with Crippen LogP contribution in [0.15, 0.2) is 0 Å². The normalized spacial score (nSPS) is 12.5. The Morgan fingerprint density at radius 2 is 1.87 bits per heavy atom. The highest BCUT2D eigenvalue weighted by Crippen LogP contribution is 1.82. The lowest BCUT2D eigenvalue weighted by Crippen LogP contribution is -2.43. The number of amides is 1. The predicted octanol–water partition coefficient (Wildman–Crippen LogP) is -0.695. The molecule has 6 heteroatoms. The standard InChI is InChI=1S/C9H20N2O4/c1-8(11-15-7-6-14-3)9(12)10-4-5-13-2/h8,11H,4-7H2,1-3H3,(H,10,12). The maximum atomic E-state index is 11.3. The van der Waals surface area contributed by atoms with E-state index >= 15 is 0 Å². The van der Waals surface area contributed by atoms with E-state index in [1.807, 2.05) is 0 Å². The Balaban J connectivity index is 3.42.